The lowest BCUT2D eigenvalue weighted by Gasteiger charge is -2.17. The van der Waals surface area contributed by atoms with Crippen molar-refractivity contribution in [1.82, 2.24) is 0 Å². The van der Waals surface area contributed by atoms with Crippen LogP contribution in [-0.2, 0) is 0 Å². The van der Waals surface area contributed by atoms with Crippen molar-refractivity contribution in [3.8, 4) is 0 Å². The zero-order chi connectivity index (χ0) is 7.71. The number of hydrogen-bond donors (Lipinski definition) is 0. The standard InChI is InChI=1S/C3H2Cl2F4/c4-1-2(5,6)3(7,8)9/h1H2. The maximum atomic E-state index is 11.8. The zero-order valence-corrected chi connectivity index (χ0v) is 5.49. The van der Waals surface area contributed by atoms with Crippen LogP contribution in [0.25, 0.3) is 0 Å². The Balaban J connectivity index is 4.14. The smallest absolute Gasteiger partial charge is 0.215 e. The fourth-order valence-electron chi connectivity index (χ4n) is 0.0758. The summed E-state index contributed by atoms with van der Waals surface area (Å²) < 4.78 is 45.6. The van der Waals surface area contributed by atoms with E-state index in [2.05, 4.69) is 23.2 Å². The molecule has 0 fully saturated rings. The molecule has 0 aromatic carbocycles. The van der Waals surface area contributed by atoms with Crippen LogP contribution in [0.5, 0.6) is 0 Å². The van der Waals surface area contributed by atoms with E-state index in [-0.39, 0.29) is 0 Å². The maximum absolute atomic E-state index is 11.8. The molecule has 0 saturated carbocycles. The Kier molecular flexibility index (Phi) is 2.58. The molecule has 0 aliphatic heterocycles. The SMILES string of the molecule is FC(F)(F)C(F)(Cl)CCl. The quantitative estimate of drug-likeness (QED) is 0.435. The van der Waals surface area contributed by atoms with Gasteiger partial charge in [0.1, 0.15) is 0 Å². The molecule has 0 N–H and O–H groups in total. The number of halogens is 6. The Labute approximate surface area is 58.7 Å². The molecule has 0 heterocycles. The minimum absolute atomic E-state index is 1.29. The first-order valence-corrected chi connectivity index (χ1v) is 2.73. The Morgan fingerprint density at radius 1 is 1.11 bits per heavy atom. The van der Waals surface area contributed by atoms with Crippen molar-refractivity contribution in [2.24, 2.45) is 0 Å². The lowest BCUT2D eigenvalue weighted by atomic mass is 10.4. The van der Waals surface area contributed by atoms with Crippen molar-refractivity contribution in [1.29, 1.82) is 0 Å². The van der Waals surface area contributed by atoms with Crippen molar-refractivity contribution in [2.75, 3.05) is 5.88 Å². The second kappa shape index (κ2) is 2.50. The molecule has 56 valence electrons. The van der Waals surface area contributed by atoms with E-state index in [1.54, 1.807) is 0 Å². The van der Waals surface area contributed by atoms with Crippen LogP contribution >= 0.6 is 23.2 Å². The third-order valence-electron chi connectivity index (χ3n) is 0.583. The Morgan fingerprint density at radius 3 is 1.44 bits per heavy atom. The molecule has 0 aromatic rings. The molecule has 1 atom stereocenters. The van der Waals surface area contributed by atoms with E-state index in [1.807, 2.05) is 0 Å². The summed E-state index contributed by atoms with van der Waals surface area (Å²) in [6.07, 6.45) is -5.09. The van der Waals surface area contributed by atoms with E-state index in [4.69, 9.17) is 0 Å². The average molecular weight is 185 g/mol. The largest absolute Gasteiger partial charge is 0.438 e. The van der Waals surface area contributed by atoms with E-state index >= 15 is 0 Å². The lowest BCUT2D eigenvalue weighted by Crippen LogP contribution is -2.36. The maximum Gasteiger partial charge on any atom is 0.438 e. The molecule has 0 bridgehead atoms. The van der Waals surface area contributed by atoms with Gasteiger partial charge >= 0.3 is 6.18 Å². The summed E-state index contributed by atoms with van der Waals surface area (Å²) in [6.45, 7) is 0. The summed E-state index contributed by atoms with van der Waals surface area (Å²) in [4.78, 5) is 0. The molecule has 6 heteroatoms. The Morgan fingerprint density at radius 2 is 1.44 bits per heavy atom. The van der Waals surface area contributed by atoms with Crippen LogP contribution in [0, 0.1) is 0 Å². The van der Waals surface area contributed by atoms with Gasteiger partial charge in [-0.25, -0.2) is 4.39 Å². The number of hydrogen-bond acceptors (Lipinski definition) is 0. The van der Waals surface area contributed by atoms with Gasteiger partial charge in [0.2, 0.25) is 0 Å². The lowest BCUT2D eigenvalue weighted by molar-refractivity contribution is -0.190. The number of rotatable bonds is 1. The third-order valence-corrected chi connectivity index (χ3v) is 1.44. The van der Waals surface area contributed by atoms with E-state index in [0.717, 1.165) is 0 Å². The summed E-state index contributed by atoms with van der Waals surface area (Å²) in [5, 5.41) is -3.78. The molecule has 0 aliphatic rings. The van der Waals surface area contributed by atoms with E-state index in [1.165, 1.54) is 0 Å². The van der Waals surface area contributed by atoms with Gasteiger partial charge in [0.15, 0.2) is 0 Å². The first-order valence-electron chi connectivity index (χ1n) is 1.82. The third kappa shape index (κ3) is 2.18. The van der Waals surface area contributed by atoms with Crippen molar-refractivity contribution in [2.45, 2.75) is 11.3 Å². The van der Waals surface area contributed by atoms with Gasteiger partial charge in [-0.05, 0) is 0 Å². The molecular formula is C3H2Cl2F4. The minimum Gasteiger partial charge on any atom is -0.215 e. The van der Waals surface area contributed by atoms with Crippen LogP contribution in [0.1, 0.15) is 0 Å². The summed E-state index contributed by atoms with van der Waals surface area (Å²) in [6, 6.07) is 0. The second-order valence-corrected chi connectivity index (χ2v) is 2.20. The first kappa shape index (κ1) is 9.30. The van der Waals surface area contributed by atoms with Gasteiger partial charge in [-0.2, -0.15) is 13.2 Å². The van der Waals surface area contributed by atoms with Crippen LogP contribution in [0.2, 0.25) is 0 Å². The molecule has 0 radical (unpaired) electrons. The summed E-state index contributed by atoms with van der Waals surface area (Å²) >= 11 is 8.82. The monoisotopic (exact) mass is 184 g/mol. The highest BCUT2D eigenvalue weighted by Crippen LogP contribution is 2.38. The van der Waals surface area contributed by atoms with Gasteiger partial charge in [-0.15, -0.1) is 11.6 Å². The summed E-state index contributed by atoms with van der Waals surface area (Å²) in [5.74, 6) is -1.29. The second-order valence-electron chi connectivity index (χ2n) is 1.34. The summed E-state index contributed by atoms with van der Waals surface area (Å²) in [7, 11) is 0. The normalized spacial score (nSPS) is 19.3. The summed E-state index contributed by atoms with van der Waals surface area (Å²) in [5.41, 5.74) is 0. The molecule has 0 rings (SSSR count). The molecule has 0 amide bonds. The van der Waals surface area contributed by atoms with Gasteiger partial charge in [0, 0.05) is 0 Å². The van der Waals surface area contributed by atoms with Gasteiger partial charge < -0.3 is 0 Å². The van der Waals surface area contributed by atoms with Crippen LogP contribution in [0.15, 0.2) is 0 Å². The molecule has 0 saturated heterocycles. The zero-order valence-electron chi connectivity index (χ0n) is 3.97. The molecule has 9 heavy (non-hydrogen) atoms. The number of alkyl halides is 6. The van der Waals surface area contributed by atoms with Gasteiger partial charge in [-0.3, -0.25) is 0 Å². The molecule has 0 aliphatic carbocycles. The fourth-order valence-corrected chi connectivity index (χ4v) is 0.227. The minimum atomic E-state index is -5.09. The Bertz CT molecular complexity index is 96.5. The van der Waals surface area contributed by atoms with E-state index < -0.39 is 17.2 Å². The fraction of sp³-hybridized carbons (Fsp3) is 1.00. The van der Waals surface area contributed by atoms with Crippen LogP contribution in [0.3, 0.4) is 0 Å². The molecule has 1 unspecified atom stereocenters. The van der Waals surface area contributed by atoms with Crippen molar-refractivity contribution >= 4 is 23.2 Å². The molecule has 0 aromatic heterocycles. The molecular weight excluding hydrogens is 183 g/mol. The highest BCUT2D eigenvalue weighted by Gasteiger charge is 2.54. The highest BCUT2D eigenvalue weighted by atomic mass is 35.5. The van der Waals surface area contributed by atoms with Crippen molar-refractivity contribution in [3.63, 3.8) is 0 Å². The first-order chi connectivity index (χ1) is 3.81. The van der Waals surface area contributed by atoms with Crippen LogP contribution < -0.4 is 0 Å². The van der Waals surface area contributed by atoms with Crippen LogP contribution in [0.4, 0.5) is 17.6 Å². The molecule has 0 spiro atoms. The average Bonchev–Trinajstić information content (AvgIpc) is 1.64. The predicted molar refractivity (Wildman–Crippen MR) is 26.5 cm³/mol. The molecule has 0 nitrogen and oxygen atoms in total. The van der Waals surface area contributed by atoms with Gasteiger partial charge in [0.25, 0.3) is 5.13 Å². The van der Waals surface area contributed by atoms with Crippen LogP contribution in [-0.4, -0.2) is 17.2 Å². The van der Waals surface area contributed by atoms with E-state index in [0.29, 0.717) is 0 Å². The predicted octanol–water partition coefficient (Wildman–Crippen LogP) is 2.69. The van der Waals surface area contributed by atoms with Gasteiger partial charge in [-0.1, -0.05) is 11.6 Å². The van der Waals surface area contributed by atoms with Crippen molar-refractivity contribution in [3.05, 3.63) is 0 Å². The van der Waals surface area contributed by atoms with Crippen molar-refractivity contribution < 1.29 is 17.6 Å². The topological polar surface area (TPSA) is 0 Å². The highest BCUT2D eigenvalue weighted by molar-refractivity contribution is 6.30. The van der Waals surface area contributed by atoms with E-state index in [9.17, 15) is 17.6 Å². The van der Waals surface area contributed by atoms with Gasteiger partial charge in [0.05, 0.1) is 5.88 Å². The Hall–Kier alpha value is 0.300.